The van der Waals surface area contributed by atoms with Crippen LogP contribution < -0.4 is 15.6 Å². The van der Waals surface area contributed by atoms with Gasteiger partial charge >= 0.3 is 0 Å². The number of amides is 1. The number of imidazole rings is 1. The molecule has 1 aliphatic heterocycles. The maximum absolute atomic E-state index is 13.0. The van der Waals surface area contributed by atoms with E-state index >= 15 is 0 Å². The number of methoxy groups -OCH3 is 1. The molecule has 0 aromatic carbocycles. The number of carbonyl (C=O) groups is 1. The Morgan fingerprint density at radius 2 is 2.03 bits per heavy atom. The average Bonchev–Trinajstić information content (AvgIpc) is 3.53. The zero-order valence-electron chi connectivity index (χ0n) is 16.8. The molecule has 1 aliphatic carbocycles. The Balaban J connectivity index is 1.48. The van der Waals surface area contributed by atoms with Crippen molar-refractivity contribution in [3.05, 3.63) is 57.9 Å². The summed E-state index contributed by atoms with van der Waals surface area (Å²) in [4.78, 5) is 32.8. The molecule has 156 valence electrons. The molecule has 2 fully saturated rings. The number of H-pyrrole nitrogens is 1. The van der Waals surface area contributed by atoms with E-state index in [0.717, 1.165) is 55.8 Å². The first kappa shape index (κ1) is 18.9. The minimum Gasteiger partial charge on any atom is -0.494 e. The number of nitrogens with one attached hydrogen (secondary N) is 2. The van der Waals surface area contributed by atoms with Crippen molar-refractivity contribution in [2.75, 3.05) is 25.6 Å². The molecule has 0 spiro atoms. The molecular weight excluding hydrogens is 384 g/mol. The highest BCUT2D eigenvalue weighted by atomic mass is 16.5. The molecule has 4 heterocycles. The van der Waals surface area contributed by atoms with Crippen LogP contribution in [0.3, 0.4) is 0 Å². The maximum atomic E-state index is 13.0. The summed E-state index contributed by atoms with van der Waals surface area (Å²) in [7, 11) is 1.55. The van der Waals surface area contributed by atoms with Crippen molar-refractivity contribution in [2.45, 2.75) is 37.5 Å². The van der Waals surface area contributed by atoms with Gasteiger partial charge in [-0.1, -0.05) is 0 Å². The van der Waals surface area contributed by atoms with Gasteiger partial charge in [0.25, 0.3) is 11.5 Å². The lowest BCUT2D eigenvalue weighted by atomic mass is 9.97. The van der Waals surface area contributed by atoms with Gasteiger partial charge in [-0.05, 0) is 43.2 Å². The van der Waals surface area contributed by atoms with E-state index < -0.39 is 5.91 Å². The van der Waals surface area contributed by atoms with Gasteiger partial charge < -0.3 is 24.2 Å². The molecule has 0 bridgehead atoms. The summed E-state index contributed by atoms with van der Waals surface area (Å²) >= 11 is 0. The zero-order valence-corrected chi connectivity index (χ0v) is 16.8. The van der Waals surface area contributed by atoms with Gasteiger partial charge in [0.2, 0.25) is 0 Å². The third-order valence-corrected chi connectivity index (χ3v) is 5.92. The molecule has 30 heavy (non-hydrogen) atoms. The molecule has 5 rings (SSSR count). The van der Waals surface area contributed by atoms with Crippen molar-refractivity contribution in [3.8, 4) is 5.75 Å². The molecule has 2 aliphatic rings. The molecule has 1 saturated carbocycles. The van der Waals surface area contributed by atoms with Gasteiger partial charge in [-0.2, -0.15) is 0 Å². The number of rotatable bonds is 5. The first-order valence-electron chi connectivity index (χ1n) is 10.3. The van der Waals surface area contributed by atoms with Crippen molar-refractivity contribution in [3.63, 3.8) is 0 Å². The summed E-state index contributed by atoms with van der Waals surface area (Å²) in [6, 6.07) is 3.62. The quantitative estimate of drug-likeness (QED) is 0.676. The highest BCUT2D eigenvalue weighted by Crippen LogP contribution is 2.41. The van der Waals surface area contributed by atoms with Crippen LogP contribution in [0.25, 0.3) is 5.65 Å². The molecule has 3 aromatic heterocycles. The van der Waals surface area contributed by atoms with Gasteiger partial charge in [-0.25, -0.2) is 4.98 Å². The van der Waals surface area contributed by atoms with Crippen molar-refractivity contribution in [1.29, 1.82) is 0 Å². The lowest BCUT2D eigenvalue weighted by Crippen LogP contribution is -2.25. The largest absolute Gasteiger partial charge is 0.494 e. The van der Waals surface area contributed by atoms with Crippen molar-refractivity contribution in [1.82, 2.24) is 14.4 Å². The van der Waals surface area contributed by atoms with Crippen LogP contribution in [0, 0.1) is 0 Å². The molecule has 2 N–H and O–H groups in total. The number of hydrogen-bond donors (Lipinski definition) is 2. The number of aromatic amines is 1. The fraction of sp³-hybridized carbons (Fsp3) is 0.409. The second-order valence-electron chi connectivity index (χ2n) is 7.94. The van der Waals surface area contributed by atoms with Crippen molar-refractivity contribution >= 4 is 17.2 Å². The summed E-state index contributed by atoms with van der Waals surface area (Å²) in [5, 5.41) is 2.87. The molecule has 1 saturated heterocycles. The number of fused-ring (bicyclic) bond motifs is 1. The van der Waals surface area contributed by atoms with E-state index in [-0.39, 0.29) is 17.0 Å². The second-order valence-corrected chi connectivity index (χ2v) is 7.94. The van der Waals surface area contributed by atoms with Crippen LogP contribution in [0.2, 0.25) is 0 Å². The Kier molecular flexibility index (Phi) is 4.78. The lowest BCUT2D eigenvalue weighted by Gasteiger charge is -2.19. The van der Waals surface area contributed by atoms with E-state index in [0.29, 0.717) is 17.4 Å². The number of ether oxygens (including phenoxy) is 2. The first-order chi connectivity index (χ1) is 14.6. The van der Waals surface area contributed by atoms with E-state index in [2.05, 4.69) is 10.3 Å². The van der Waals surface area contributed by atoms with Gasteiger partial charge in [0.1, 0.15) is 22.6 Å². The SMILES string of the molecule is COc1cc2nc(C3CCOCC3)cn2cc1NC(=O)c1c(C2CC2)cc[nH]c1=O. The molecule has 0 radical (unpaired) electrons. The van der Waals surface area contributed by atoms with Gasteiger partial charge in [-0.15, -0.1) is 0 Å². The zero-order chi connectivity index (χ0) is 20.7. The monoisotopic (exact) mass is 408 g/mol. The smallest absolute Gasteiger partial charge is 0.261 e. The lowest BCUT2D eigenvalue weighted by molar-refractivity contribution is 0.0846. The third-order valence-electron chi connectivity index (χ3n) is 5.92. The van der Waals surface area contributed by atoms with E-state index in [1.54, 1.807) is 25.6 Å². The number of nitrogens with zero attached hydrogens (tertiary/aromatic N) is 2. The highest BCUT2D eigenvalue weighted by Gasteiger charge is 2.30. The van der Waals surface area contributed by atoms with E-state index in [1.165, 1.54) is 0 Å². The van der Waals surface area contributed by atoms with E-state index in [9.17, 15) is 9.59 Å². The minimum absolute atomic E-state index is 0.177. The Hall–Kier alpha value is -3.13. The molecular formula is C22H24N4O4. The highest BCUT2D eigenvalue weighted by molar-refractivity contribution is 6.06. The number of carbonyl (C=O) groups excluding carboxylic acids is 1. The second kappa shape index (κ2) is 7.60. The Labute approximate surface area is 173 Å². The van der Waals surface area contributed by atoms with Gasteiger partial charge in [-0.3, -0.25) is 9.59 Å². The Morgan fingerprint density at radius 1 is 1.23 bits per heavy atom. The molecule has 1 amide bonds. The molecule has 0 unspecified atom stereocenters. The van der Waals surface area contributed by atoms with Crippen LogP contribution in [0.1, 0.15) is 59.1 Å². The fourth-order valence-electron chi connectivity index (χ4n) is 4.14. The average molecular weight is 408 g/mol. The maximum Gasteiger partial charge on any atom is 0.261 e. The normalized spacial score (nSPS) is 17.2. The van der Waals surface area contributed by atoms with Crippen LogP contribution in [-0.4, -0.2) is 40.6 Å². The van der Waals surface area contributed by atoms with Crippen LogP contribution in [0.5, 0.6) is 5.75 Å². The molecule has 3 aromatic rings. The molecule has 0 atom stereocenters. The Bertz CT molecular complexity index is 1160. The number of aromatic nitrogens is 3. The van der Waals surface area contributed by atoms with Gasteiger partial charge in [0.05, 0.1) is 12.8 Å². The number of hydrogen-bond acceptors (Lipinski definition) is 5. The standard InChI is InChI=1S/C22H24N4O4/c1-29-18-10-19-24-16(14-5-8-30-9-6-14)11-26(19)12-17(18)25-22(28)20-15(13-2-3-13)4-7-23-21(20)27/h4,7,10-14H,2-3,5-6,8-9H2,1H3,(H,23,27)(H,25,28). The summed E-state index contributed by atoms with van der Waals surface area (Å²) in [5.74, 6) is 0.723. The first-order valence-corrected chi connectivity index (χ1v) is 10.3. The van der Waals surface area contributed by atoms with Crippen LogP contribution in [0.4, 0.5) is 5.69 Å². The van der Waals surface area contributed by atoms with Crippen molar-refractivity contribution in [2.24, 2.45) is 0 Å². The van der Waals surface area contributed by atoms with E-state index in [4.69, 9.17) is 14.5 Å². The summed E-state index contributed by atoms with van der Waals surface area (Å²) in [5.41, 5.74) is 2.87. The molecule has 8 nitrogen and oxygen atoms in total. The fourth-order valence-corrected chi connectivity index (χ4v) is 4.14. The van der Waals surface area contributed by atoms with Crippen molar-refractivity contribution < 1.29 is 14.3 Å². The van der Waals surface area contributed by atoms with Gasteiger partial charge in [0.15, 0.2) is 0 Å². The summed E-state index contributed by atoms with van der Waals surface area (Å²) in [6.07, 6.45) is 9.28. The topological polar surface area (TPSA) is 97.7 Å². The Morgan fingerprint density at radius 3 is 2.77 bits per heavy atom. The number of pyridine rings is 2. The molecule has 8 heteroatoms. The summed E-state index contributed by atoms with van der Waals surface area (Å²) in [6.45, 7) is 1.50. The predicted molar refractivity (Wildman–Crippen MR) is 112 cm³/mol. The minimum atomic E-state index is -0.429. The van der Waals surface area contributed by atoms with Crippen LogP contribution in [-0.2, 0) is 4.74 Å². The third kappa shape index (κ3) is 3.47. The van der Waals surface area contributed by atoms with Crippen LogP contribution in [0.15, 0.2) is 35.5 Å². The number of anilines is 1. The predicted octanol–water partition coefficient (Wildman–Crippen LogP) is 3.05. The summed E-state index contributed by atoms with van der Waals surface area (Å²) < 4.78 is 12.8. The van der Waals surface area contributed by atoms with Crippen LogP contribution >= 0.6 is 0 Å². The van der Waals surface area contributed by atoms with E-state index in [1.807, 2.05) is 16.7 Å². The van der Waals surface area contributed by atoms with Gasteiger partial charge in [0, 0.05) is 43.8 Å².